The summed E-state index contributed by atoms with van der Waals surface area (Å²) >= 11 is 0. The van der Waals surface area contributed by atoms with Crippen molar-refractivity contribution in [3.8, 4) is 0 Å². The van der Waals surface area contributed by atoms with Crippen molar-refractivity contribution >= 4 is 10.0 Å². The Morgan fingerprint density at radius 2 is 2.10 bits per heavy atom. The highest BCUT2D eigenvalue weighted by atomic mass is 32.2. The topological polar surface area (TPSA) is 62.6 Å². The molecule has 5 nitrogen and oxygen atoms in total. The van der Waals surface area contributed by atoms with Crippen molar-refractivity contribution in [1.29, 1.82) is 0 Å². The van der Waals surface area contributed by atoms with Crippen LogP contribution in [0.4, 0.5) is 0 Å². The maximum Gasteiger partial charge on any atom is 0.214 e. The summed E-state index contributed by atoms with van der Waals surface area (Å²) in [6.07, 6.45) is 5.05. The van der Waals surface area contributed by atoms with Gasteiger partial charge in [-0.15, -0.1) is 0 Å². The summed E-state index contributed by atoms with van der Waals surface area (Å²) in [5.74, 6) is 1.22. The molecule has 1 aliphatic rings. The molecule has 0 radical (unpaired) electrons. The Labute approximate surface area is 127 Å². The van der Waals surface area contributed by atoms with Crippen molar-refractivity contribution in [3.63, 3.8) is 0 Å². The fourth-order valence-electron chi connectivity index (χ4n) is 2.86. The van der Waals surface area contributed by atoms with Gasteiger partial charge in [0.15, 0.2) is 0 Å². The van der Waals surface area contributed by atoms with Gasteiger partial charge in [-0.25, -0.2) is 12.7 Å². The number of nitrogens with one attached hydrogen (secondary N) is 1. The fraction of sp³-hybridized carbons (Fsp3) is 0.733. The zero-order valence-electron chi connectivity index (χ0n) is 12.9. The maximum atomic E-state index is 12.0. The number of piperidine rings is 1. The Bertz CT molecular complexity index is 505. The first kappa shape index (κ1) is 16.5. The van der Waals surface area contributed by atoms with Crippen LogP contribution in [0.3, 0.4) is 0 Å². The van der Waals surface area contributed by atoms with Crippen molar-refractivity contribution in [2.45, 2.75) is 51.6 Å². The summed E-state index contributed by atoms with van der Waals surface area (Å²) < 4.78 is 31.2. The highest BCUT2D eigenvalue weighted by Gasteiger charge is 2.28. The van der Waals surface area contributed by atoms with Gasteiger partial charge in [0, 0.05) is 19.1 Å². The average molecular weight is 314 g/mol. The number of rotatable bonds is 7. The van der Waals surface area contributed by atoms with E-state index in [0.717, 1.165) is 25.0 Å². The molecule has 0 aromatic carbocycles. The summed E-state index contributed by atoms with van der Waals surface area (Å²) in [7, 11) is -3.05. The molecule has 120 valence electrons. The van der Waals surface area contributed by atoms with Crippen molar-refractivity contribution < 1.29 is 12.8 Å². The molecular weight excluding hydrogens is 288 g/mol. The number of nitrogens with zero attached hydrogens (tertiary/aromatic N) is 1. The van der Waals surface area contributed by atoms with E-state index >= 15 is 0 Å². The van der Waals surface area contributed by atoms with Gasteiger partial charge < -0.3 is 9.73 Å². The molecule has 2 heterocycles. The molecule has 1 saturated heterocycles. The second-order valence-corrected chi connectivity index (χ2v) is 7.72. The summed E-state index contributed by atoms with van der Waals surface area (Å²) in [6.45, 7) is 5.27. The Morgan fingerprint density at radius 1 is 1.38 bits per heavy atom. The lowest BCUT2D eigenvalue weighted by atomic mass is 10.0. The number of hydrogen-bond donors (Lipinski definition) is 1. The van der Waals surface area contributed by atoms with E-state index in [9.17, 15) is 8.42 Å². The first-order valence-corrected chi connectivity index (χ1v) is 9.45. The first-order valence-electron chi connectivity index (χ1n) is 7.84. The number of sulfonamides is 1. The fourth-order valence-corrected chi connectivity index (χ4v) is 4.40. The predicted molar refractivity (Wildman–Crippen MR) is 83.5 cm³/mol. The van der Waals surface area contributed by atoms with Gasteiger partial charge in [0.2, 0.25) is 10.0 Å². The Morgan fingerprint density at radius 3 is 2.62 bits per heavy atom. The van der Waals surface area contributed by atoms with Gasteiger partial charge in [-0.05, 0) is 37.8 Å². The number of furan rings is 1. The van der Waals surface area contributed by atoms with E-state index in [4.69, 9.17) is 4.42 Å². The van der Waals surface area contributed by atoms with Crippen molar-refractivity contribution in [2.24, 2.45) is 0 Å². The molecule has 0 spiro atoms. The van der Waals surface area contributed by atoms with E-state index in [1.54, 1.807) is 10.6 Å². The lowest BCUT2D eigenvalue weighted by Gasteiger charge is -2.33. The van der Waals surface area contributed by atoms with Crippen molar-refractivity contribution in [3.05, 3.63) is 24.2 Å². The quantitative estimate of drug-likeness (QED) is 0.840. The van der Waals surface area contributed by atoms with Gasteiger partial charge in [0.1, 0.15) is 5.76 Å². The molecule has 1 atom stereocenters. The molecule has 1 aliphatic heterocycles. The second kappa shape index (κ2) is 7.42. The van der Waals surface area contributed by atoms with Crippen LogP contribution >= 0.6 is 0 Å². The summed E-state index contributed by atoms with van der Waals surface area (Å²) in [5, 5.41) is 3.60. The molecule has 1 aromatic rings. The van der Waals surface area contributed by atoms with Gasteiger partial charge in [-0.2, -0.15) is 0 Å². The van der Waals surface area contributed by atoms with Gasteiger partial charge in [-0.3, -0.25) is 0 Å². The minimum absolute atomic E-state index is 0.212. The van der Waals surface area contributed by atoms with Crippen LogP contribution in [0, 0.1) is 0 Å². The smallest absolute Gasteiger partial charge is 0.214 e. The maximum absolute atomic E-state index is 12.0. The predicted octanol–water partition coefficient (Wildman–Crippen LogP) is 2.52. The molecule has 0 aliphatic carbocycles. The zero-order chi connectivity index (χ0) is 15.3. The normalized spacial score (nSPS) is 19.7. The van der Waals surface area contributed by atoms with Crippen LogP contribution < -0.4 is 5.32 Å². The van der Waals surface area contributed by atoms with E-state index in [-0.39, 0.29) is 11.8 Å². The molecule has 21 heavy (non-hydrogen) atoms. The van der Waals surface area contributed by atoms with Crippen LogP contribution in [0.15, 0.2) is 22.8 Å². The second-order valence-electron chi connectivity index (χ2n) is 5.63. The van der Waals surface area contributed by atoms with Crippen LogP contribution in [-0.2, 0) is 10.0 Å². The molecule has 0 bridgehead atoms. The third-order valence-electron chi connectivity index (χ3n) is 4.04. The standard InChI is InChI=1S/C15H26N2O3S/c1-3-12-21(18,19)17-9-7-13(8-10-17)16-14(4-2)15-6-5-11-20-15/h5-6,11,13-14,16H,3-4,7-10,12H2,1-2H3. The zero-order valence-corrected chi connectivity index (χ0v) is 13.7. The van der Waals surface area contributed by atoms with Crippen LogP contribution in [0.2, 0.25) is 0 Å². The van der Waals surface area contributed by atoms with E-state index in [1.165, 1.54) is 0 Å². The van der Waals surface area contributed by atoms with Crippen molar-refractivity contribution in [1.82, 2.24) is 9.62 Å². The third kappa shape index (κ3) is 4.31. The minimum atomic E-state index is -3.05. The van der Waals surface area contributed by atoms with E-state index < -0.39 is 10.0 Å². The van der Waals surface area contributed by atoms with Gasteiger partial charge in [0.05, 0.1) is 18.1 Å². The van der Waals surface area contributed by atoms with Crippen LogP contribution in [0.1, 0.15) is 51.3 Å². The molecule has 1 N–H and O–H groups in total. The van der Waals surface area contributed by atoms with E-state index in [1.807, 2.05) is 19.1 Å². The van der Waals surface area contributed by atoms with Crippen molar-refractivity contribution in [2.75, 3.05) is 18.8 Å². The molecule has 1 unspecified atom stereocenters. The monoisotopic (exact) mass is 314 g/mol. The lowest BCUT2D eigenvalue weighted by molar-refractivity contribution is 0.261. The van der Waals surface area contributed by atoms with Crippen LogP contribution in [-0.4, -0.2) is 37.6 Å². The highest BCUT2D eigenvalue weighted by molar-refractivity contribution is 7.89. The van der Waals surface area contributed by atoms with Crippen LogP contribution in [0.25, 0.3) is 0 Å². The molecule has 1 aromatic heterocycles. The minimum Gasteiger partial charge on any atom is -0.468 e. The molecular formula is C15H26N2O3S. The molecule has 2 rings (SSSR count). The van der Waals surface area contributed by atoms with Gasteiger partial charge in [-0.1, -0.05) is 13.8 Å². The lowest BCUT2D eigenvalue weighted by Crippen LogP contribution is -2.46. The van der Waals surface area contributed by atoms with Gasteiger partial charge in [0.25, 0.3) is 0 Å². The largest absolute Gasteiger partial charge is 0.468 e. The average Bonchev–Trinajstić information content (AvgIpc) is 2.99. The highest BCUT2D eigenvalue weighted by Crippen LogP contribution is 2.22. The molecule has 0 saturated carbocycles. The summed E-state index contributed by atoms with van der Waals surface area (Å²) in [5.41, 5.74) is 0. The molecule has 0 amide bonds. The van der Waals surface area contributed by atoms with Crippen LogP contribution in [0.5, 0.6) is 0 Å². The molecule has 6 heteroatoms. The Balaban J connectivity index is 1.86. The summed E-state index contributed by atoms with van der Waals surface area (Å²) in [4.78, 5) is 0. The Hall–Kier alpha value is -0.850. The number of hydrogen-bond acceptors (Lipinski definition) is 4. The molecule has 1 fully saturated rings. The van der Waals surface area contributed by atoms with E-state index in [0.29, 0.717) is 25.6 Å². The summed E-state index contributed by atoms with van der Waals surface area (Å²) in [6, 6.07) is 4.46. The third-order valence-corrected chi connectivity index (χ3v) is 6.12. The SMILES string of the molecule is CCCS(=O)(=O)N1CCC(NC(CC)c2ccco2)CC1. The van der Waals surface area contributed by atoms with E-state index in [2.05, 4.69) is 12.2 Å². The first-order chi connectivity index (χ1) is 10.1. The van der Waals surface area contributed by atoms with Gasteiger partial charge >= 0.3 is 0 Å². The Kier molecular flexibility index (Phi) is 5.84.